The normalized spacial score (nSPS) is 10.8. The highest BCUT2D eigenvalue weighted by atomic mass is 35.5. The van der Waals surface area contributed by atoms with Gasteiger partial charge in [0.25, 0.3) is 0 Å². The molecule has 0 aromatic heterocycles. The molecule has 0 aliphatic rings. The number of halogens is 2. The number of carboxylic acids is 1. The van der Waals surface area contributed by atoms with Gasteiger partial charge in [0.15, 0.2) is 0 Å². The van der Waals surface area contributed by atoms with Gasteiger partial charge < -0.3 is 21.7 Å². The van der Waals surface area contributed by atoms with Crippen molar-refractivity contribution < 1.29 is 9.90 Å². The number of carbonyl (C=O) groups is 1. The van der Waals surface area contributed by atoms with Crippen LogP contribution in [-0.2, 0) is 11.2 Å². The highest BCUT2D eigenvalue weighted by Crippen LogP contribution is 2.17. The fraction of sp³-hybridized carbons (Fsp3) is 0.150. The first-order valence-electron chi connectivity index (χ1n) is 8.42. The fourth-order valence-corrected chi connectivity index (χ4v) is 2.61. The SMILES string of the molecule is Cl.Cl.NN=Cc1ccc(CCN(CC=CC(=O)O)c2cccc(C=NN)c2)cc1. The second-order valence-corrected chi connectivity index (χ2v) is 5.83. The number of aliphatic carboxylic acids is 1. The van der Waals surface area contributed by atoms with Crippen LogP contribution in [0.4, 0.5) is 5.69 Å². The summed E-state index contributed by atoms with van der Waals surface area (Å²) in [5.74, 6) is 9.43. The predicted molar refractivity (Wildman–Crippen MR) is 124 cm³/mol. The van der Waals surface area contributed by atoms with E-state index in [0.717, 1.165) is 41.4 Å². The van der Waals surface area contributed by atoms with Crippen LogP contribution in [0.15, 0.2) is 70.9 Å². The number of benzene rings is 2. The maximum atomic E-state index is 10.8. The van der Waals surface area contributed by atoms with E-state index >= 15 is 0 Å². The van der Waals surface area contributed by atoms with E-state index in [9.17, 15) is 4.79 Å². The second-order valence-electron chi connectivity index (χ2n) is 5.83. The Balaban J connectivity index is 0.00000392. The number of anilines is 1. The second kappa shape index (κ2) is 14.0. The van der Waals surface area contributed by atoms with E-state index in [2.05, 4.69) is 15.1 Å². The lowest BCUT2D eigenvalue weighted by Crippen LogP contribution is -2.26. The van der Waals surface area contributed by atoms with Gasteiger partial charge >= 0.3 is 5.97 Å². The summed E-state index contributed by atoms with van der Waals surface area (Å²) in [6, 6.07) is 15.7. The van der Waals surface area contributed by atoms with E-state index in [4.69, 9.17) is 16.8 Å². The summed E-state index contributed by atoms with van der Waals surface area (Å²) >= 11 is 0. The number of nitrogens with two attached hydrogens (primary N) is 2. The molecule has 2 rings (SSSR count). The van der Waals surface area contributed by atoms with Crippen molar-refractivity contribution in [3.63, 3.8) is 0 Å². The Morgan fingerprint density at radius 3 is 2.28 bits per heavy atom. The number of carboxylic acid groups (broad SMARTS) is 1. The molecule has 0 fully saturated rings. The number of hydrogen-bond acceptors (Lipinski definition) is 6. The Bertz CT molecular complexity index is 839. The van der Waals surface area contributed by atoms with Crippen molar-refractivity contribution in [3.8, 4) is 0 Å². The molecule has 0 aliphatic carbocycles. The van der Waals surface area contributed by atoms with Crippen molar-refractivity contribution in [1.29, 1.82) is 0 Å². The van der Waals surface area contributed by atoms with Gasteiger partial charge in [-0.15, -0.1) is 24.8 Å². The molecule has 5 N–H and O–H groups in total. The van der Waals surface area contributed by atoms with E-state index in [1.807, 2.05) is 48.5 Å². The predicted octanol–water partition coefficient (Wildman–Crippen LogP) is 2.81. The average Bonchev–Trinajstić information content (AvgIpc) is 2.66. The first-order chi connectivity index (χ1) is 13.1. The minimum absolute atomic E-state index is 0. The summed E-state index contributed by atoms with van der Waals surface area (Å²) in [6.07, 6.45) is 6.76. The van der Waals surface area contributed by atoms with Crippen molar-refractivity contribution in [2.45, 2.75) is 6.42 Å². The quantitative estimate of drug-likeness (QED) is 0.241. The fourth-order valence-electron chi connectivity index (χ4n) is 2.61. The molecule has 9 heteroatoms. The summed E-state index contributed by atoms with van der Waals surface area (Å²) in [5, 5.41) is 15.9. The summed E-state index contributed by atoms with van der Waals surface area (Å²) in [4.78, 5) is 12.9. The molecule has 0 aliphatic heterocycles. The van der Waals surface area contributed by atoms with E-state index in [1.54, 1.807) is 18.5 Å². The molecular weight excluding hydrogens is 413 g/mol. The van der Waals surface area contributed by atoms with Crippen LogP contribution in [0.1, 0.15) is 16.7 Å². The third-order valence-electron chi connectivity index (χ3n) is 3.92. The minimum atomic E-state index is -0.962. The van der Waals surface area contributed by atoms with Crippen molar-refractivity contribution in [1.82, 2.24) is 0 Å². The third kappa shape index (κ3) is 9.14. The molecule has 0 unspecified atom stereocenters. The Morgan fingerprint density at radius 1 is 1.00 bits per heavy atom. The highest BCUT2D eigenvalue weighted by molar-refractivity contribution is 5.85. The Hall–Kier alpha value is -3.03. The molecule has 0 atom stereocenters. The van der Waals surface area contributed by atoms with Gasteiger partial charge in [0.05, 0.1) is 12.4 Å². The zero-order valence-corrected chi connectivity index (χ0v) is 17.4. The smallest absolute Gasteiger partial charge is 0.328 e. The Labute approximate surface area is 182 Å². The summed E-state index contributed by atoms with van der Waals surface area (Å²) < 4.78 is 0. The van der Waals surface area contributed by atoms with Gasteiger partial charge in [-0.25, -0.2) is 4.79 Å². The molecule has 7 nitrogen and oxygen atoms in total. The van der Waals surface area contributed by atoms with E-state index in [0.29, 0.717) is 6.54 Å². The molecule has 0 saturated carbocycles. The number of nitrogens with zero attached hydrogens (tertiary/aromatic N) is 3. The van der Waals surface area contributed by atoms with Crippen LogP contribution in [0.5, 0.6) is 0 Å². The maximum absolute atomic E-state index is 10.8. The van der Waals surface area contributed by atoms with Gasteiger partial charge in [0.2, 0.25) is 0 Å². The molecule has 29 heavy (non-hydrogen) atoms. The third-order valence-corrected chi connectivity index (χ3v) is 3.92. The van der Waals surface area contributed by atoms with Crippen LogP contribution < -0.4 is 16.6 Å². The standard InChI is InChI=1S/C20H23N5O2.2ClH/c21-23-14-17-8-6-16(7-9-17)10-12-25(11-2-5-20(26)27)19-4-1-3-18(13-19)15-24-22;;/h1-9,13-15H,10-12,21-22H2,(H,26,27);2*1H. The first-order valence-corrected chi connectivity index (χ1v) is 8.42. The number of hydrazone groups is 2. The van der Waals surface area contributed by atoms with Gasteiger partial charge in [-0.05, 0) is 35.2 Å². The zero-order chi connectivity index (χ0) is 19.5. The van der Waals surface area contributed by atoms with Gasteiger partial charge in [-0.2, -0.15) is 10.2 Å². The van der Waals surface area contributed by atoms with E-state index in [1.165, 1.54) is 0 Å². The lowest BCUT2D eigenvalue weighted by atomic mass is 10.1. The molecule has 0 heterocycles. The van der Waals surface area contributed by atoms with Gasteiger partial charge in [0, 0.05) is 24.9 Å². The number of hydrogen-bond donors (Lipinski definition) is 3. The molecule has 2 aromatic rings. The van der Waals surface area contributed by atoms with E-state index in [-0.39, 0.29) is 24.8 Å². The van der Waals surface area contributed by atoms with Crippen LogP contribution in [0, 0.1) is 0 Å². The summed E-state index contributed by atoms with van der Waals surface area (Å²) in [6.45, 7) is 1.20. The molecule has 0 bridgehead atoms. The molecule has 0 saturated heterocycles. The van der Waals surface area contributed by atoms with Gasteiger partial charge in [-0.3, -0.25) is 0 Å². The largest absolute Gasteiger partial charge is 0.478 e. The van der Waals surface area contributed by atoms with Gasteiger partial charge in [0.1, 0.15) is 0 Å². The van der Waals surface area contributed by atoms with Crippen molar-refractivity contribution >= 4 is 48.9 Å². The van der Waals surface area contributed by atoms with Crippen LogP contribution in [0.2, 0.25) is 0 Å². The molecule has 156 valence electrons. The summed E-state index contributed by atoms with van der Waals surface area (Å²) in [7, 11) is 0. The lowest BCUT2D eigenvalue weighted by Gasteiger charge is -2.24. The number of rotatable bonds is 9. The van der Waals surface area contributed by atoms with Crippen LogP contribution in [0.3, 0.4) is 0 Å². The average molecular weight is 438 g/mol. The molecule has 0 spiro atoms. The Morgan fingerprint density at radius 2 is 1.66 bits per heavy atom. The first kappa shape index (κ1) is 26.0. The van der Waals surface area contributed by atoms with E-state index < -0.39 is 5.97 Å². The highest BCUT2D eigenvalue weighted by Gasteiger charge is 2.07. The van der Waals surface area contributed by atoms with Crippen LogP contribution in [-0.4, -0.2) is 36.6 Å². The molecule has 0 amide bonds. The van der Waals surface area contributed by atoms with Crippen molar-refractivity contribution in [2.75, 3.05) is 18.0 Å². The summed E-state index contributed by atoms with van der Waals surface area (Å²) in [5.41, 5.74) is 3.95. The van der Waals surface area contributed by atoms with Crippen LogP contribution >= 0.6 is 24.8 Å². The molecular formula is C20H25Cl2N5O2. The maximum Gasteiger partial charge on any atom is 0.328 e. The van der Waals surface area contributed by atoms with Crippen molar-refractivity contribution in [3.05, 3.63) is 77.4 Å². The van der Waals surface area contributed by atoms with Crippen LogP contribution in [0.25, 0.3) is 0 Å². The Kier molecular flexibility index (Phi) is 12.6. The minimum Gasteiger partial charge on any atom is -0.478 e. The molecule has 0 radical (unpaired) electrons. The van der Waals surface area contributed by atoms with Crippen molar-refractivity contribution in [2.24, 2.45) is 21.9 Å². The topological polar surface area (TPSA) is 117 Å². The lowest BCUT2D eigenvalue weighted by molar-refractivity contribution is -0.131. The zero-order valence-electron chi connectivity index (χ0n) is 15.7. The monoisotopic (exact) mass is 437 g/mol. The molecule has 2 aromatic carbocycles. The van der Waals surface area contributed by atoms with Gasteiger partial charge in [-0.1, -0.05) is 42.5 Å².